The molecule has 1 aromatic carbocycles. The number of carbonyl (C=O) groups excluding carboxylic acids is 1. The number of hydrogen-bond acceptors (Lipinski definition) is 3. The minimum absolute atomic E-state index is 0.0588. The average Bonchev–Trinajstić information content (AvgIpc) is 2.43. The van der Waals surface area contributed by atoms with Crippen molar-refractivity contribution in [1.82, 2.24) is 5.32 Å². The van der Waals surface area contributed by atoms with Gasteiger partial charge in [-0.05, 0) is 37.8 Å². The zero-order valence-electron chi connectivity index (χ0n) is 12.8. The first-order valence-corrected chi connectivity index (χ1v) is 8.13. The summed E-state index contributed by atoms with van der Waals surface area (Å²) in [6.45, 7) is 6.32. The second-order valence-corrected chi connectivity index (χ2v) is 6.55. The van der Waals surface area contributed by atoms with Crippen LogP contribution < -0.4 is 5.32 Å². The van der Waals surface area contributed by atoms with Crippen LogP contribution in [0.1, 0.15) is 44.0 Å². The fraction of sp³-hybridized carbons (Fsp3) is 0.500. The summed E-state index contributed by atoms with van der Waals surface area (Å²) in [5.74, 6) is -0.169. The first-order valence-electron chi connectivity index (χ1n) is 7.14. The van der Waals surface area contributed by atoms with Crippen LogP contribution in [0.25, 0.3) is 0 Å². The third kappa shape index (κ3) is 6.67. The number of carboxylic acid groups (broad SMARTS) is 1. The molecule has 0 spiro atoms. The maximum absolute atomic E-state index is 11.9. The Morgan fingerprint density at radius 3 is 2.48 bits per heavy atom. The largest absolute Gasteiger partial charge is 0.478 e. The van der Waals surface area contributed by atoms with E-state index in [1.54, 1.807) is 24.3 Å². The van der Waals surface area contributed by atoms with Crippen LogP contribution >= 0.6 is 11.8 Å². The molecule has 0 fully saturated rings. The summed E-state index contributed by atoms with van der Waals surface area (Å²) in [5.41, 5.74) is 0.239. The van der Waals surface area contributed by atoms with Crippen molar-refractivity contribution >= 4 is 23.6 Å². The monoisotopic (exact) mass is 309 g/mol. The van der Waals surface area contributed by atoms with Crippen molar-refractivity contribution in [3.05, 3.63) is 29.8 Å². The molecule has 0 aliphatic rings. The molecule has 0 aliphatic carbocycles. The Hall–Kier alpha value is -1.49. The van der Waals surface area contributed by atoms with Gasteiger partial charge in [-0.15, -0.1) is 11.8 Å². The predicted octanol–water partition coefficient (Wildman–Crippen LogP) is 3.42. The highest BCUT2D eigenvalue weighted by atomic mass is 32.2. The predicted molar refractivity (Wildman–Crippen MR) is 85.8 cm³/mol. The molecule has 21 heavy (non-hydrogen) atoms. The van der Waals surface area contributed by atoms with Crippen molar-refractivity contribution in [3.63, 3.8) is 0 Å². The number of carboxylic acids is 1. The van der Waals surface area contributed by atoms with Crippen molar-refractivity contribution in [3.8, 4) is 0 Å². The van der Waals surface area contributed by atoms with Gasteiger partial charge < -0.3 is 10.4 Å². The number of aromatic carboxylic acids is 1. The summed E-state index contributed by atoms with van der Waals surface area (Å²) in [7, 11) is 0. The van der Waals surface area contributed by atoms with Crippen LogP contribution in [-0.4, -0.2) is 28.8 Å². The van der Waals surface area contributed by atoms with Crippen LogP contribution in [0.3, 0.4) is 0 Å². The minimum Gasteiger partial charge on any atom is -0.478 e. The number of benzene rings is 1. The van der Waals surface area contributed by atoms with Gasteiger partial charge in [-0.2, -0.15) is 0 Å². The van der Waals surface area contributed by atoms with Crippen LogP contribution in [-0.2, 0) is 4.79 Å². The molecular formula is C16H23NO3S. The van der Waals surface area contributed by atoms with Gasteiger partial charge in [-0.3, -0.25) is 4.79 Å². The molecule has 0 saturated carbocycles. The molecular weight excluding hydrogens is 286 g/mol. The van der Waals surface area contributed by atoms with Gasteiger partial charge in [-0.25, -0.2) is 4.79 Å². The van der Waals surface area contributed by atoms with Gasteiger partial charge in [-0.1, -0.05) is 26.0 Å². The molecule has 0 radical (unpaired) electrons. The summed E-state index contributed by atoms with van der Waals surface area (Å²) in [6.07, 6.45) is 2.04. The highest BCUT2D eigenvalue weighted by Gasteiger charge is 2.12. The highest BCUT2D eigenvalue weighted by molar-refractivity contribution is 8.00. The van der Waals surface area contributed by atoms with E-state index in [1.807, 2.05) is 6.92 Å². The molecule has 1 amide bonds. The Balaban J connectivity index is 2.45. The van der Waals surface area contributed by atoms with E-state index in [-0.39, 0.29) is 23.3 Å². The number of hydrogen-bond donors (Lipinski definition) is 2. The normalized spacial score (nSPS) is 12.2. The Bertz CT molecular complexity index is 488. The molecule has 1 aromatic rings. The van der Waals surface area contributed by atoms with Gasteiger partial charge in [0.25, 0.3) is 0 Å². The first kappa shape index (κ1) is 17.6. The molecule has 2 N–H and O–H groups in total. The second-order valence-electron chi connectivity index (χ2n) is 5.53. The third-order valence-corrected chi connectivity index (χ3v) is 4.13. The van der Waals surface area contributed by atoms with E-state index in [9.17, 15) is 9.59 Å². The van der Waals surface area contributed by atoms with Crippen molar-refractivity contribution < 1.29 is 14.7 Å². The maximum atomic E-state index is 11.9. The third-order valence-electron chi connectivity index (χ3n) is 3.06. The number of amides is 1. The summed E-state index contributed by atoms with van der Waals surface area (Å²) in [5, 5.41) is 12.0. The summed E-state index contributed by atoms with van der Waals surface area (Å²) >= 11 is 1.26. The maximum Gasteiger partial charge on any atom is 0.336 e. The number of carbonyl (C=O) groups is 2. The topological polar surface area (TPSA) is 66.4 Å². The lowest BCUT2D eigenvalue weighted by molar-refractivity contribution is -0.119. The second kappa shape index (κ2) is 8.72. The van der Waals surface area contributed by atoms with Gasteiger partial charge in [0.1, 0.15) is 0 Å². The summed E-state index contributed by atoms with van der Waals surface area (Å²) in [6, 6.07) is 6.88. The Kier molecular flexibility index (Phi) is 7.29. The van der Waals surface area contributed by atoms with Crippen LogP contribution in [0.4, 0.5) is 0 Å². The van der Waals surface area contributed by atoms with E-state index < -0.39 is 5.97 Å². The fourth-order valence-corrected chi connectivity index (χ4v) is 2.74. The van der Waals surface area contributed by atoms with E-state index in [0.29, 0.717) is 10.8 Å². The lowest BCUT2D eigenvalue weighted by Crippen LogP contribution is -2.34. The highest BCUT2D eigenvalue weighted by Crippen LogP contribution is 2.22. The van der Waals surface area contributed by atoms with Crippen molar-refractivity contribution in [2.75, 3.05) is 5.75 Å². The fourth-order valence-electron chi connectivity index (χ4n) is 1.88. The molecule has 1 rings (SSSR count). The number of thioether (sulfide) groups is 1. The van der Waals surface area contributed by atoms with Crippen LogP contribution in [0.5, 0.6) is 0 Å². The molecule has 5 heteroatoms. The molecule has 116 valence electrons. The van der Waals surface area contributed by atoms with Gasteiger partial charge in [0, 0.05) is 10.9 Å². The van der Waals surface area contributed by atoms with Crippen molar-refractivity contribution in [2.24, 2.45) is 5.92 Å². The minimum atomic E-state index is -0.969. The lowest BCUT2D eigenvalue weighted by atomic mass is 10.0. The SMILES string of the molecule is CC(C)CCC(C)NC(=O)CSc1ccccc1C(=O)O. The Labute approximate surface area is 130 Å². The zero-order chi connectivity index (χ0) is 15.8. The quantitative estimate of drug-likeness (QED) is 0.722. The molecule has 1 unspecified atom stereocenters. The molecule has 0 aliphatic heterocycles. The van der Waals surface area contributed by atoms with Crippen molar-refractivity contribution in [1.29, 1.82) is 0 Å². The van der Waals surface area contributed by atoms with E-state index in [0.717, 1.165) is 12.8 Å². The Morgan fingerprint density at radius 2 is 1.86 bits per heavy atom. The van der Waals surface area contributed by atoms with Crippen LogP contribution in [0.2, 0.25) is 0 Å². The zero-order valence-corrected chi connectivity index (χ0v) is 13.6. The average molecular weight is 309 g/mol. The van der Waals surface area contributed by atoms with Crippen LogP contribution in [0, 0.1) is 5.92 Å². The van der Waals surface area contributed by atoms with Gasteiger partial charge >= 0.3 is 5.97 Å². The molecule has 0 heterocycles. The van der Waals surface area contributed by atoms with Gasteiger partial charge in [0.15, 0.2) is 0 Å². The van der Waals surface area contributed by atoms with Crippen molar-refractivity contribution in [2.45, 2.75) is 44.6 Å². The van der Waals surface area contributed by atoms with E-state index in [2.05, 4.69) is 19.2 Å². The van der Waals surface area contributed by atoms with E-state index >= 15 is 0 Å². The standard InChI is InChI=1S/C16H23NO3S/c1-11(2)8-9-12(3)17-15(18)10-21-14-7-5-4-6-13(14)16(19)20/h4-7,11-12H,8-10H2,1-3H3,(H,17,18)(H,19,20). The molecule has 0 aromatic heterocycles. The van der Waals surface area contributed by atoms with Gasteiger partial charge in [0.05, 0.1) is 11.3 Å². The number of nitrogens with one attached hydrogen (secondary N) is 1. The smallest absolute Gasteiger partial charge is 0.336 e. The number of rotatable bonds is 8. The lowest BCUT2D eigenvalue weighted by Gasteiger charge is -2.15. The molecule has 0 saturated heterocycles. The van der Waals surface area contributed by atoms with E-state index in [1.165, 1.54) is 11.8 Å². The Morgan fingerprint density at radius 1 is 1.19 bits per heavy atom. The molecule has 1 atom stereocenters. The summed E-state index contributed by atoms with van der Waals surface area (Å²) < 4.78 is 0. The summed E-state index contributed by atoms with van der Waals surface area (Å²) in [4.78, 5) is 23.6. The molecule has 0 bridgehead atoms. The van der Waals surface area contributed by atoms with Crippen LogP contribution in [0.15, 0.2) is 29.2 Å². The van der Waals surface area contributed by atoms with Gasteiger partial charge in [0.2, 0.25) is 5.91 Å². The molecule has 4 nitrogen and oxygen atoms in total. The van der Waals surface area contributed by atoms with E-state index in [4.69, 9.17) is 5.11 Å². The first-order chi connectivity index (χ1) is 9.90.